The van der Waals surface area contributed by atoms with E-state index in [0.29, 0.717) is 11.3 Å². The maximum atomic E-state index is 11.5. The lowest BCUT2D eigenvalue weighted by atomic mass is 10.2. The molecule has 0 fully saturated rings. The molecule has 16 heavy (non-hydrogen) atoms. The third kappa shape index (κ3) is 2.67. The second kappa shape index (κ2) is 5.08. The average molecular weight is 241 g/mol. The molecular weight excluding hydrogens is 232 g/mol. The Morgan fingerprint density at radius 2 is 2.00 bits per heavy atom. The maximum absolute atomic E-state index is 11.5. The van der Waals surface area contributed by atoms with Crippen LogP contribution in [0.2, 0.25) is 0 Å². The van der Waals surface area contributed by atoms with Crippen molar-refractivity contribution >= 4 is 29.9 Å². The van der Waals surface area contributed by atoms with Crippen LogP contribution in [0.5, 0.6) is 0 Å². The Morgan fingerprint density at radius 1 is 1.31 bits per heavy atom. The highest BCUT2D eigenvalue weighted by Crippen LogP contribution is 2.06. The zero-order chi connectivity index (χ0) is 10.7. The number of benzene rings is 1. The second-order valence-corrected chi connectivity index (χ2v) is 2.81. The van der Waals surface area contributed by atoms with Gasteiger partial charge in [0.1, 0.15) is 0 Å². The van der Waals surface area contributed by atoms with Crippen molar-refractivity contribution < 1.29 is 4.79 Å². The first kappa shape index (κ1) is 11.9. The molecule has 4 N–H and O–H groups in total. The van der Waals surface area contributed by atoms with E-state index < -0.39 is 0 Å². The van der Waals surface area contributed by atoms with Gasteiger partial charge >= 0.3 is 0 Å². The van der Waals surface area contributed by atoms with Crippen molar-refractivity contribution in [2.45, 2.75) is 0 Å². The van der Waals surface area contributed by atoms with Gasteiger partial charge < -0.3 is 5.73 Å². The number of nitrogens with two attached hydrogens (primary N) is 1. The predicted molar refractivity (Wildman–Crippen MR) is 60.2 cm³/mol. The number of halogens is 1. The van der Waals surface area contributed by atoms with E-state index in [2.05, 4.69) is 25.9 Å². The Balaban J connectivity index is 0.00000128. The number of nitrogens with zero attached hydrogens (tertiary/aromatic N) is 3. The van der Waals surface area contributed by atoms with Crippen molar-refractivity contribution in [2.24, 2.45) is 0 Å². The molecule has 8 heteroatoms. The molecule has 1 aromatic heterocycles. The topological polar surface area (TPSA) is 110 Å². The van der Waals surface area contributed by atoms with Gasteiger partial charge in [0.15, 0.2) is 0 Å². The lowest BCUT2D eigenvalue weighted by Gasteiger charge is -2.00. The quantitative estimate of drug-likeness (QED) is 0.661. The van der Waals surface area contributed by atoms with Crippen molar-refractivity contribution in [3.8, 4) is 0 Å². The van der Waals surface area contributed by atoms with Crippen LogP contribution < -0.4 is 11.1 Å². The Bertz CT molecular complexity index is 454. The van der Waals surface area contributed by atoms with Gasteiger partial charge in [0.25, 0.3) is 11.9 Å². The second-order valence-electron chi connectivity index (χ2n) is 2.81. The molecule has 0 saturated carbocycles. The normalized spacial score (nSPS) is 9.25. The fourth-order valence-electron chi connectivity index (χ4n) is 1.02. The molecule has 1 aromatic carbocycles. The van der Waals surface area contributed by atoms with E-state index in [1.54, 1.807) is 24.3 Å². The number of carbonyl (C=O) groups is 1. The Morgan fingerprint density at radius 3 is 2.56 bits per heavy atom. The molecular formula is C8H9ClN6O. The zero-order valence-electron chi connectivity index (χ0n) is 8.04. The number of rotatable bonds is 2. The minimum atomic E-state index is -0.309. The van der Waals surface area contributed by atoms with Gasteiger partial charge in [-0.3, -0.25) is 10.1 Å². The summed E-state index contributed by atoms with van der Waals surface area (Å²) >= 11 is 0. The number of aromatic nitrogens is 4. The van der Waals surface area contributed by atoms with Crippen LogP contribution in [0.3, 0.4) is 0 Å². The van der Waals surface area contributed by atoms with Crippen molar-refractivity contribution in [3.05, 3.63) is 29.8 Å². The molecule has 1 heterocycles. The summed E-state index contributed by atoms with van der Waals surface area (Å²) in [5.41, 5.74) is 6.57. The molecule has 0 atom stereocenters. The lowest BCUT2D eigenvalue weighted by Crippen LogP contribution is -2.12. The van der Waals surface area contributed by atoms with Crippen molar-refractivity contribution in [1.29, 1.82) is 0 Å². The van der Waals surface area contributed by atoms with Gasteiger partial charge in [0.2, 0.25) is 0 Å². The molecule has 0 aliphatic heterocycles. The molecule has 0 aliphatic rings. The molecule has 0 saturated heterocycles. The molecule has 2 aromatic rings. The van der Waals surface area contributed by atoms with Crippen molar-refractivity contribution in [2.75, 3.05) is 11.1 Å². The van der Waals surface area contributed by atoms with Crippen LogP contribution in [-0.2, 0) is 0 Å². The van der Waals surface area contributed by atoms with Gasteiger partial charge in [0.05, 0.1) is 0 Å². The van der Waals surface area contributed by atoms with Crippen LogP contribution in [0.1, 0.15) is 10.4 Å². The number of amides is 1. The van der Waals surface area contributed by atoms with Gasteiger partial charge in [-0.15, -0.1) is 17.5 Å². The Labute approximate surface area is 96.8 Å². The largest absolute Gasteiger partial charge is 0.399 e. The van der Waals surface area contributed by atoms with E-state index in [9.17, 15) is 4.79 Å². The van der Waals surface area contributed by atoms with E-state index in [1.807, 2.05) is 0 Å². The molecule has 84 valence electrons. The molecule has 0 radical (unpaired) electrons. The fraction of sp³-hybridized carbons (Fsp3) is 0. The summed E-state index contributed by atoms with van der Waals surface area (Å²) < 4.78 is 0. The van der Waals surface area contributed by atoms with Crippen molar-refractivity contribution in [3.63, 3.8) is 0 Å². The number of aromatic amines is 1. The van der Waals surface area contributed by atoms with E-state index in [1.165, 1.54) is 0 Å². The number of carbonyl (C=O) groups excluding carboxylic acids is 1. The molecule has 0 unspecified atom stereocenters. The van der Waals surface area contributed by atoms with Gasteiger partial charge in [-0.05, 0) is 29.5 Å². The first-order valence-corrected chi connectivity index (χ1v) is 4.16. The summed E-state index contributed by atoms with van der Waals surface area (Å²) in [5.74, 6) is -0.173. The zero-order valence-corrected chi connectivity index (χ0v) is 8.86. The molecule has 2 rings (SSSR count). The lowest BCUT2D eigenvalue weighted by molar-refractivity contribution is 0.102. The standard InChI is InChI=1S/C8H8N6O.ClH/c9-6-3-1-5(2-4-6)7(15)10-8-11-13-14-12-8;/h1-4H,9H2,(H2,10,11,12,13,14,15);1H. The number of nitrogens with one attached hydrogen (secondary N) is 2. The van der Waals surface area contributed by atoms with Crippen LogP contribution in [0.4, 0.5) is 11.6 Å². The number of tetrazole rings is 1. The Hall–Kier alpha value is -2.15. The minimum Gasteiger partial charge on any atom is -0.399 e. The monoisotopic (exact) mass is 240 g/mol. The van der Waals surface area contributed by atoms with Crippen LogP contribution >= 0.6 is 12.4 Å². The maximum Gasteiger partial charge on any atom is 0.270 e. The number of hydrogen-bond acceptors (Lipinski definition) is 5. The predicted octanol–water partition coefficient (Wildman–Crippen LogP) is 0.456. The number of hydrogen-bond donors (Lipinski definition) is 3. The van der Waals surface area contributed by atoms with Gasteiger partial charge in [-0.1, -0.05) is 5.10 Å². The highest BCUT2D eigenvalue weighted by Gasteiger charge is 2.07. The molecule has 0 spiro atoms. The molecule has 7 nitrogen and oxygen atoms in total. The van der Waals surface area contributed by atoms with Gasteiger partial charge in [0, 0.05) is 11.3 Å². The summed E-state index contributed by atoms with van der Waals surface area (Å²) in [6.07, 6.45) is 0. The highest BCUT2D eigenvalue weighted by atomic mass is 35.5. The third-order valence-electron chi connectivity index (χ3n) is 1.74. The SMILES string of the molecule is Cl.Nc1ccc(C(=O)Nc2nn[nH]n2)cc1. The summed E-state index contributed by atoms with van der Waals surface area (Å²) in [6, 6.07) is 6.52. The molecule has 0 aliphatic carbocycles. The average Bonchev–Trinajstić information content (AvgIpc) is 2.71. The first-order chi connectivity index (χ1) is 7.25. The van der Waals surface area contributed by atoms with Crippen LogP contribution in [0.15, 0.2) is 24.3 Å². The molecule has 0 bridgehead atoms. The summed E-state index contributed by atoms with van der Waals surface area (Å²) in [6.45, 7) is 0. The van der Waals surface area contributed by atoms with E-state index in [4.69, 9.17) is 5.73 Å². The first-order valence-electron chi connectivity index (χ1n) is 4.16. The van der Waals surface area contributed by atoms with Gasteiger partial charge in [-0.25, -0.2) is 0 Å². The summed E-state index contributed by atoms with van der Waals surface area (Å²) in [7, 11) is 0. The molecule has 1 amide bonds. The van der Waals surface area contributed by atoms with Crippen LogP contribution in [-0.4, -0.2) is 26.5 Å². The Kier molecular flexibility index (Phi) is 3.78. The summed E-state index contributed by atoms with van der Waals surface area (Å²) in [5, 5.41) is 15.2. The number of anilines is 2. The highest BCUT2D eigenvalue weighted by molar-refractivity contribution is 6.03. The van der Waals surface area contributed by atoms with Gasteiger partial charge in [-0.2, -0.15) is 5.21 Å². The fourth-order valence-corrected chi connectivity index (χ4v) is 1.02. The number of nitrogen functional groups attached to an aromatic ring is 1. The van der Waals surface area contributed by atoms with Crippen LogP contribution in [0, 0.1) is 0 Å². The minimum absolute atomic E-state index is 0. The summed E-state index contributed by atoms with van der Waals surface area (Å²) in [4.78, 5) is 11.5. The van der Waals surface area contributed by atoms with E-state index >= 15 is 0 Å². The van der Waals surface area contributed by atoms with E-state index in [-0.39, 0.29) is 24.3 Å². The van der Waals surface area contributed by atoms with Crippen molar-refractivity contribution in [1.82, 2.24) is 20.6 Å². The third-order valence-corrected chi connectivity index (χ3v) is 1.74. The van der Waals surface area contributed by atoms with Crippen LogP contribution in [0.25, 0.3) is 0 Å². The van der Waals surface area contributed by atoms with E-state index in [0.717, 1.165) is 0 Å². The smallest absolute Gasteiger partial charge is 0.270 e. The number of H-pyrrole nitrogens is 1.